The Morgan fingerprint density at radius 1 is 1.00 bits per heavy atom. The summed E-state index contributed by atoms with van der Waals surface area (Å²) in [6.45, 7) is 6.73. The predicted octanol–water partition coefficient (Wildman–Crippen LogP) is 4.37. The smallest absolute Gasteiger partial charge is 0.251 e. The minimum atomic E-state index is -0.202. The summed E-state index contributed by atoms with van der Waals surface area (Å²) in [7, 11) is 0. The molecule has 2 fully saturated rings. The SMILES string of the molecule is Cc1ccc2c(c1)C1(CCN(C(=O)[C@@H]3CCCO3)CC1)c1cc(C)ccc1-2. The van der Waals surface area contributed by atoms with Crippen LogP contribution in [0.4, 0.5) is 0 Å². The number of aryl methyl sites for hydroxylation is 2. The van der Waals surface area contributed by atoms with Crippen LogP contribution in [-0.4, -0.2) is 36.6 Å². The Bertz CT molecular complexity index is 849. The van der Waals surface area contributed by atoms with Crippen molar-refractivity contribution in [3.8, 4) is 11.1 Å². The zero-order valence-electron chi connectivity index (χ0n) is 16.3. The van der Waals surface area contributed by atoms with Crippen LogP contribution in [0.3, 0.4) is 0 Å². The normalized spacial score (nSPS) is 22.7. The van der Waals surface area contributed by atoms with Crippen LogP contribution >= 0.6 is 0 Å². The van der Waals surface area contributed by atoms with Crippen molar-refractivity contribution < 1.29 is 9.53 Å². The van der Waals surface area contributed by atoms with Crippen LogP contribution in [0, 0.1) is 13.8 Å². The van der Waals surface area contributed by atoms with Gasteiger partial charge in [-0.05, 0) is 61.8 Å². The molecule has 2 aliphatic heterocycles. The van der Waals surface area contributed by atoms with Crippen molar-refractivity contribution in [3.63, 3.8) is 0 Å². The monoisotopic (exact) mass is 361 g/mol. The van der Waals surface area contributed by atoms with Gasteiger partial charge in [-0.25, -0.2) is 0 Å². The number of benzene rings is 2. The molecule has 1 amide bonds. The molecular weight excluding hydrogens is 334 g/mol. The number of hydrogen-bond acceptors (Lipinski definition) is 2. The average molecular weight is 361 g/mol. The molecule has 3 aliphatic rings. The molecule has 5 rings (SSSR count). The highest BCUT2D eigenvalue weighted by Crippen LogP contribution is 2.54. The molecule has 2 heterocycles. The highest BCUT2D eigenvalue weighted by Gasteiger charge is 2.46. The number of carbonyl (C=O) groups excluding carboxylic acids is 1. The van der Waals surface area contributed by atoms with Gasteiger partial charge in [0.2, 0.25) is 0 Å². The lowest BCUT2D eigenvalue weighted by molar-refractivity contribution is -0.142. The van der Waals surface area contributed by atoms with E-state index in [1.807, 2.05) is 4.90 Å². The van der Waals surface area contributed by atoms with Crippen molar-refractivity contribution in [2.75, 3.05) is 19.7 Å². The first kappa shape index (κ1) is 17.0. The molecule has 140 valence electrons. The first-order chi connectivity index (χ1) is 13.1. The molecule has 2 saturated heterocycles. The van der Waals surface area contributed by atoms with E-state index in [2.05, 4.69) is 50.2 Å². The van der Waals surface area contributed by atoms with Gasteiger partial charge < -0.3 is 9.64 Å². The summed E-state index contributed by atoms with van der Waals surface area (Å²) in [4.78, 5) is 14.9. The van der Waals surface area contributed by atoms with E-state index < -0.39 is 0 Å². The van der Waals surface area contributed by atoms with Gasteiger partial charge >= 0.3 is 0 Å². The topological polar surface area (TPSA) is 29.5 Å². The third kappa shape index (κ3) is 2.55. The first-order valence-corrected chi connectivity index (χ1v) is 10.2. The van der Waals surface area contributed by atoms with Crippen LogP contribution in [0.25, 0.3) is 11.1 Å². The number of likely N-dealkylation sites (tertiary alicyclic amines) is 1. The Morgan fingerprint density at radius 3 is 2.11 bits per heavy atom. The fraction of sp³-hybridized carbons (Fsp3) is 0.458. The summed E-state index contributed by atoms with van der Waals surface area (Å²) in [5, 5.41) is 0. The maximum absolute atomic E-state index is 12.8. The summed E-state index contributed by atoms with van der Waals surface area (Å²) in [6, 6.07) is 13.8. The second-order valence-corrected chi connectivity index (χ2v) is 8.51. The summed E-state index contributed by atoms with van der Waals surface area (Å²) >= 11 is 0. The standard InChI is InChI=1S/C24H27NO2/c1-16-5-7-18-19-8-6-17(2)15-21(19)24(20(18)14-16)9-11-25(12-10-24)23(26)22-4-3-13-27-22/h5-8,14-15,22H,3-4,9-13H2,1-2H3/t22-/m0/s1. The van der Waals surface area contributed by atoms with E-state index in [0.717, 1.165) is 45.4 Å². The van der Waals surface area contributed by atoms with Crippen LogP contribution in [0.1, 0.15) is 47.9 Å². The lowest BCUT2D eigenvalue weighted by Gasteiger charge is -2.41. The molecule has 3 heteroatoms. The maximum atomic E-state index is 12.8. The number of ether oxygens (including phenoxy) is 1. The van der Waals surface area contributed by atoms with Crippen molar-refractivity contribution in [2.24, 2.45) is 0 Å². The highest BCUT2D eigenvalue weighted by atomic mass is 16.5. The minimum Gasteiger partial charge on any atom is -0.368 e. The van der Waals surface area contributed by atoms with Gasteiger partial charge in [0.05, 0.1) is 0 Å². The molecular formula is C24H27NO2. The Labute approximate surface area is 161 Å². The van der Waals surface area contributed by atoms with Gasteiger partial charge in [-0.2, -0.15) is 0 Å². The highest BCUT2D eigenvalue weighted by molar-refractivity contribution is 5.83. The van der Waals surface area contributed by atoms with Gasteiger partial charge in [0.1, 0.15) is 6.10 Å². The minimum absolute atomic E-state index is 0.0516. The molecule has 0 saturated carbocycles. The van der Waals surface area contributed by atoms with Crippen molar-refractivity contribution >= 4 is 5.91 Å². The number of hydrogen-bond donors (Lipinski definition) is 0. The van der Waals surface area contributed by atoms with E-state index in [0.29, 0.717) is 0 Å². The summed E-state index contributed by atoms with van der Waals surface area (Å²) < 4.78 is 5.64. The Balaban J connectivity index is 1.50. The zero-order valence-corrected chi connectivity index (χ0v) is 16.3. The van der Waals surface area contributed by atoms with E-state index in [1.165, 1.54) is 33.4 Å². The van der Waals surface area contributed by atoms with Crippen LogP contribution in [0.2, 0.25) is 0 Å². The van der Waals surface area contributed by atoms with E-state index in [4.69, 9.17) is 4.74 Å². The van der Waals surface area contributed by atoms with Crippen LogP contribution in [0.15, 0.2) is 36.4 Å². The third-order valence-electron chi connectivity index (χ3n) is 6.81. The summed E-state index contributed by atoms with van der Waals surface area (Å²) in [5.74, 6) is 0.203. The maximum Gasteiger partial charge on any atom is 0.251 e. The van der Waals surface area contributed by atoms with Crippen molar-refractivity contribution in [2.45, 2.75) is 51.0 Å². The zero-order chi connectivity index (χ0) is 18.6. The molecule has 3 nitrogen and oxygen atoms in total. The second kappa shape index (κ2) is 6.20. The number of fused-ring (bicyclic) bond motifs is 5. The average Bonchev–Trinajstić information content (AvgIpc) is 3.29. The van der Waals surface area contributed by atoms with Gasteiger partial charge in [-0.3, -0.25) is 4.79 Å². The molecule has 2 aromatic carbocycles. The second-order valence-electron chi connectivity index (χ2n) is 8.51. The Hall–Kier alpha value is -2.13. The van der Waals surface area contributed by atoms with Gasteiger partial charge in [0.25, 0.3) is 5.91 Å². The summed E-state index contributed by atoms with van der Waals surface area (Å²) in [5.41, 5.74) is 8.38. The predicted molar refractivity (Wildman–Crippen MR) is 107 cm³/mol. The number of nitrogens with zero attached hydrogens (tertiary/aromatic N) is 1. The fourth-order valence-electron chi connectivity index (χ4n) is 5.35. The number of amides is 1. The molecule has 1 atom stereocenters. The van der Waals surface area contributed by atoms with E-state index >= 15 is 0 Å². The van der Waals surface area contributed by atoms with Crippen LogP contribution < -0.4 is 0 Å². The lowest BCUT2D eigenvalue weighted by Crippen LogP contribution is -2.48. The molecule has 0 aromatic heterocycles. The lowest BCUT2D eigenvalue weighted by atomic mass is 9.70. The number of piperidine rings is 1. The van der Waals surface area contributed by atoms with Crippen LogP contribution in [0.5, 0.6) is 0 Å². The molecule has 0 bridgehead atoms. The van der Waals surface area contributed by atoms with Crippen molar-refractivity contribution in [3.05, 3.63) is 58.7 Å². The van der Waals surface area contributed by atoms with E-state index in [-0.39, 0.29) is 17.4 Å². The molecule has 1 aliphatic carbocycles. The quantitative estimate of drug-likeness (QED) is 0.755. The molecule has 2 aromatic rings. The first-order valence-electron chi connectivity index (χ1n) is 10.2. The Kier molecular flexibility index (Phi) is 3.90. The molecule has 0 unspecified atom stereocenters. The number of carbonyl (C=O) groups is 1. The van der Waals surface area contributed by atoms with Crippen molar-refractivity contribution in [1.29, 1.82) is 0 Å². The van der Waals surface area contributed by atoms with E-state index in [1.54, 1.807) is 0 Å². The molecule has 1 spiro atoms. The Morgan fingerprint density at radius 2 is 1.59 bits per heavy atom. The van der Waals surface area contributed by atoms with Gasteiger partial charge in [-0.15, -0.1) is 0 Å². The third-order valence-corrected chi connectivity index (χ3v) is 6.81. The van der Waals surface area contributed by atoms with Gasteiger partial charge in [0, 0.05) is 25.1 Å². The van der Waals surface area contributed by atoms with Crippen LogP contribution in [-0.2, 0) is 14.9 Å². The summed E-state index contributed by atoms with van der Waals surface area (Å²) in [6.07, 6.45) is 3.68. The molecule has 27 heavy (non-hydrogen) atoms. The van der Waals surface area contributed by atoms with Gasteiger partial charge in [-0.1, -0.05) is 47.5 Å². The van der Waals surface area contributed by atoms with Gasteiger partial charge in [0.15, 0.2) is 0 Å². The largest absolute Gasteiger partial charge is 0.368 e. The fourth-order valence-corrected chi connectivity index (χ4v) is 5.35. The number of rotatable bonds is 1. The molecule has 0 N–H and O–H groups in total. The van der Waals surface area contributed by atoms with Crippen molar-refractivity contribution in [1.82, 2.24) is 4.90 Å². The molecule has 0 radical (unpaired) electrons. The van der Waals surface area contributed by atoms with E-state index in [9.17, 15) is 4.79 Å².